The lowest BCUT2D eigenvalue weighted by molar-refractivity contribution is 0.357. The zero-order valence-electron chi connectivity index (χ0n) is 8.56. The molecule has 80 valence electrons. The SMILES string of the molecule is N#CCOc1ncnc2sc3c(c12)CCC3. The predicted octanol–water partition coefficient (Wildman–Crippen LogP) is 2.08. The Morgan fingerprint density at radius 2 is 2.38 bits per heavy atom. The van der Waals surface area contributed by atoms with Crippen LogP contribution >= 0.6 is 11.3 Å². The van der Waals surface area contributed by atoms with E-state index in [1.165, 1.54) is 23.2 Å². The second-order valence-electron chi connectivity index (χ2n) is 3.66. The number of nitriles is 1. The molecule has 0 N–H and O–H groups in total. The third-order valence-electron chi connectivity index (χ3n) is 2.74. The molecule has 1 aliphatic rings. The molecule has 0 spiro atoms. The van der Waals surface area contributed by atoms with Crippen molar-refractivity contribution in [1.29, 1.82) is 5.26 Å². The van der Waals surface area contributed by atoms with E-state index in [-0.39, 0.29) is 6.61 Å². The zero-order valence-corrected chi connectivity index (χ0v) is 9.38. The molecule has 0 saturated carbocycles. The maximum Gasteiger partial charge on any atom is 0.226 e. The number of aryl methyl sites for hydroxylation is 2. The van der Waals surface area contributed by atoms with Crippen LogP contribution in [0, 0.1) is 11.3 Å². The molecule has 0 aromatic carbocycles. The summed E-state index contributed by atoms with van der Waals surface area (Å²) in [6.07, 6.45) is 4.91. The molecule has 0 fully saturated rings. The van der Waals surface area contributed by atoms with Crippen molar-refractivity contribution >= 4 is 21.6 Å². The van der Waals surface area contributed by atoms with Crippen LogP contribution in [0.1, 0.15) is 16.9 Å². The zero-order chi connectivity index (χ0) is 11.0. The summed E-state index contributed by atoms with van der Waals surface area (Å²) >= 11 is 1.72. The largest absolute Gasteiger partial charge is 0.462 e. The fourth-order valence-corrected chi connectivity index (χ4v) is 3.33. The van der Waals surface area contributed by atoms with E-state index in [1.807, 2.05) is 6.07 Å². The molecule has 0 unspecified atom stereocenters. The van der Waals surface area contributed by atoms with Gasteiger partial charge >= 0.3 is 0 Å². The Morgan fingerprint density at radius 1 is 1.44 bits per heavy atom. The molecule has 0 radical (unpaired) electrons. The van der Waals surface area contributed by atoms with E-state index >= 15 is 0 Å². The van der Waals surface area contributed by atoms with Gasteiger partial charge in [0.15, 0.2) is 6.61 Å². The van der Waals surface area contributed by atoms with Crippen molar-refractivity contribution in [3.8, 4) is 11.9 Å². The summed E-state index contributed by atoms with van der Waals surface area (Å²) in [7, 11) is 0. The Hall–Kier alpha value is -1.67. The van der Waals surface area contributed by atoms with Crippen molar-refractivity contribution in [3.63, 3.8) is 0 Å². The molecular formula is C11H9N3OS. The second kappa shape index (κ2) is 3.72. The van der Waals surface area contributed by atoms with Gasteiger partial charge < -0.3 is 4.74 Å². The fourth-order valence-electron chi connectivity index (χ4n) is 2.11. The van der Waals surface area contributed by atoms with E-state index in [4.69, 9.17) is 10.00 Å². The molecule has 0 atom stereocenters. The maximum absolute atomic E-state index is 8.53. The van der Waals surface area contributed by atoms with Gasteiger partial charge in [-0.3, -0.25) is 0 Å². The van der Waals surface area contributed by atoms with Gasteiger partial charge in [-0.1, -0.05) is 0 Å². The highest BCUT2D eigenvalue weighted by Gasteiger charge is 2.21. The number of ether oxygens (including phenoxy) is 1. The van der Waals surface area contributed by atoms with Gasteiger partial charge in [-0.2, -0.15) is 5.26 Å². The van der Waals surface area contributed by atoms with E-state index in [0.717, 1.165) is 23.1 Å². The minimum atomic E-state index is 0.0384. The van der Waals surface area contributed by atoms with E-state index in [1.54, 1.807) is 11.3 Å². The molecule has 1 aliphatic carbocycles. The molecule has 16 heavy (non-hydrogen) atoms. The van der Waals surface area contributed by atoms with Gasteiger partial charge in [0.1, 0.15) is 17.2 Å². The minimum absolute atomic E-state index is 0.0384. The lowest BCUT2D eigenvalue weighted by Gasteiger charge is -2.02. The van der Waals surface area contributed by atoms with Crippen molar-refractivity contribution in [3.05, 3.63) is 16.8 Å². The van der Waals surface area contributed by atoms with Crippen LogP contribution < -0.4 is 4.74 Å². The van der Waals surface area contributed by atoms with Crippen LogP contribution in [0.15, 0.2) is 6.33 Å². The summed E-state index contributed by atoms with van der Waals surface area (Å²) in [5.41, 5.74) is 1.33. The molecule has 0 bridgehead atoms. The van der Waals surface area contributed by atoms with Crippen LogP contribution in [0.5, 0.6) is 5.88 Å². The summed E-state index contributed by atoms with van der Waals surface area (Å²) in [5.74, 6) is 0.561. The van der Waals surface area contributed by atoms with E-state index in [9.17, 15) is 0 Å². The number of rotatable bonds is 2. The molecule has 5 heteroatoms. The van der Waals surface area contributed by atoms with E-state index in [2.05, 4.69) is 9.97 Å². The van der Waals surface area contributed by atoms with Crippen LogP contribution in [0.2, 0.25) is 0 Å². The van der Waals surface area contributed by atoms with Gasteiger partial charge in [-0.25, -0.2) is 9.97 Å². The van der Waals surface area contributed by atoms with Crippen molar-refractivity contribution in [1.82, 2.24) is 9.97 Å². The summed E-state index contributed by atoms with van der Waals surface area (Å²) in [6.45, 7) is 0.0384. The summed E-state index contributed by atoms with van der Waals surface area (Å²) in [4.78, 5) is 10.8. The highest BCUT2D eigenvalue weighted by atomic mass is 32.1. The van der Waals surface area contributed by atoms with Gasteiger partial charge in [0.2, 0.25) is 5.88 Å². The quantitative estimate of drug-likeness (QED) is 0.794. The molecule has 2 aromatic rings. The van der Waals surface area contributed by atoms with Crippen molar-refractivity contribution in [2.45, 2.75) is 19.3 Å². The first kappa shape index (κ1) is 9.55. The van der Waals surface area contributed by atoms with Crippen molar-refractivity contribution in [2.75, 3.05) is 6.61 Å². The summed E-state index contributed by atoms with van der Waals surface area (Å²) in [6, 6.07) is 1.96. The second-order valence-corrected chi connectivity index (χ2v) is 4.75. The molecule has 0 aliphatic heterocycles. The molecule has 2 aromatic heterocycles. The van der Waals surface area contributed by atoms with Crippen molar-refractivity contribution < 1.29 is 4.74 Å². The topological polar surface area (TPSA) is 58.8 Å². The average molecular weight is 231 g/mol. The first-order chi connectivity index (χ1) is 7.90. The molecule has 2 heterocycles. The normalized spacial score (nSPS) is 13.7. The highest BCUT2D eigenvalue weighted by molar-refractivity contribution is 7.18. The Bertz CT molecular complexity index is 585. The summed E-state index contributed by atoms with van der Waals surface area (Å²) < 4.78 is 5.35. The highest BCUT2D eigenvalue weighted by Crippen LogP contribution is 2.39. The Balaban J connectivity index is 2.17. The molecule has 0 amide bonds. The van der Waals surface area contributed by atoms with Crippen molar-refractivity contribution in [2.24, 2.45) is 0 Å². The third kappa shape index (κ3) is 1.34. The first-order valence-electron chi connectivity index (χ1n) is 5.15. The number of fused-ring (bicyclic) bond motifs is 3. The first-order valence-corrected chi connectivity index (χ1v) is 5.97. The van der Waals surface area contributed by atoms with Gasteiger partial charge in [0.25, 0.3) is 0 Å². The number of thiophene rings is 1. The number of nitrogens with zero attached hydrogens (tertiary/aromatic N) is 3. The maximum atomic E-state index is 8.53. The third-order valence-corrected chi connectivity index (χ3v) is 3.94. The lowest BCUT2D eigenvalue weighted by Crippen LogP contribution is -1.97. The molecular weight excluding hydrogens is 222 g/mol. The van der Waals surface area contributed by atoms with Crippen LogP contribution in [0.4, 0.5) is 0 Å². The number of aromatic nitrogens is 2. The van der Waals surface area contributed by atoms with E-state index in [0.29, 0.717) is 5.88 Å². The monoisotopic (exact) mass is 231 g/mol. The standard InChI is InChI=1S/C11H9N3OS/c12-4-5-15-10-9-7-2-1-3-8(7)16-11(9)14-6-13-10/h6H,1-3,5H2. The van der Waals surface area contributed by atoms with E-state index < -0.39 is 0 Å². The van der Waals surface area contributed by atoms with Crippen LogP contribution in [0.25, 0.3) is 10.2 Å². The Morgan fingerprint density at radius 3 is 3.25 bits per heavy atom. The number of hydrogen-bond donors (Lipinski definition) is 0. The fraction of sp³-hybridized carbons (Fsp3) is 0.364. The van der Waals surface area contributed by atoms with Gasteiger partial charge in [-0.05, 0) is 24.8 Å². The number of hydrogen-bond acceptors (Lipinski definition) is 5. The lowest BCUT2D eigenvalue weighted by atomic mass is 10.2. The van der Waals surface area contributed by atoms with Gasteiger partial charge in [-0.15, -0.1) is 11.3 Å². The summed E-state index contributed by atoms with van der Waals surface area (Å²) in [5, 5.41) is 9.55. The van der Waals surface area contributed by atoms with Crippen LogP contribution in [0.3, 0.4) is 0 Å². The van der Waals surface area contributed by atoms with Crippen LogP contribution in [-0.4, -0.2) is 16.6 Å². The van der Waals surface area contributed by atoms with Gasteiger partial charge in [0, 0.05) is 4.88 Å². The molecule has 0 saturated heterocycles. The van der Waals surface area contributed by atoms with Gasteiger partial charge in [0.05, 0.1) is 5.39 Å². The minimum Gasteiger partial charge on any atom is -0.462 e. The molecule has 4 nitrogen and oxygen atoms in total. The molecule has 3 rings (SSSR count). The Kier molecular flexibility index (Phi) is 2.22. The smallest absolute Gasteiger partial charge is 0.226 e. The average Bonchev–Trinajstić information content (AvgIpc) is 2.85. The predicted molar refractivity (Wildman–Crippen MR) is 60.5 cm³/mol. The Labute approximate surface area is 96.5 Å². The van der Waals surface area contributed by atoms with Crippen LogP contribution in [-0.2, 0) is 12.8 Å².